The lowest BCUT2D eigenvalue weighted by Crippen LogP contribution is -2.40. The van der Waals surface area contributed by atoms with Crippen molar-refractivity contribution in [3.8, 4) is 0 Å². The first kappa shape index (κ1) is 11.6. The highest BCUT2D eigenvalue weighted by Crippen LogP contribution is 2.11. The monoisotopic (exact) mass is 224 g/mol. The molecule has 2 rings (SSSR count). The molecule has 0 spiro atoms. The van der Waals surface area contributed by atoms with Crippen LogP contribution in [0.5, 0.6) is 0 Å². The Labute approximate surface area is 96.6 Å². The van der Waals surface area contributed by atoms with E-state index in [0.717, 1.165) is 39.0 Å². The van der Waals surface area contributed by atoms with Crippen molar-refractivity contribution < 1.29 is 9.53 Å². The number of morpholine rings is 1. The SMILES string of the molecule is O=C(CCC1=CCCNC1)N1CCOCC1. The summed E-state index contributed by atoms with van der Waals surface area (Å²) in [5.74, 6) is 0.273. The van der Waals surface area contributed by atoms with Crippen LogP contribution in [-0.2, 0) is 9.53 Å². The highest BCUT2D eigenvalue weighted by atomic mass is 16.5. The predicted octanol–water partition coefficient (Wildman–Crippen LogP) is 0.545. The van der Waals surface area contributed by atoms with Crippen LogP contribution >= 0.6 is 0 Å². The second-order valence-electron chi connectivity index (χ2n) is 4.32. The predicted molar refractivity (Wildman–Crippen MR) is 62.2 cm³/mol. The lowest BCUT2D eigenvalue weighted by atomic mass is 10.1. The molecule has 2 aliphatic heterocycles. The van der Waals surface area contributed by atoms with E-state index in [0.29, 0.717) is 19.6 Å². The van der Waals surface area contributed by atoms with Crippen LogP contribution in [0.2, 0.25) is 0 Å². The molecule has 90 valence electrons. The lowest BCUT2D eigenvalue weighted by molar-refractivity contribution is -0.135. The molecule has 0 bridgehead atoms. The van der Waals surface area contributed by atoms with Gasteiger partial charge in [-0.2, -0.15) is 0 Å². The molecule has 0 aromatic heterocycles. The Kier molecular flexibility index (Phi) is 4.36. The Morgan fingerprint density at radius 3 is 2.94 bits per heavy atom. The van der Waals surface area contributed by atoms with Gasteiger partial charge in [-0.3, -0.25) is 4.79 Å². The van der Waals surface area contributed by atoms with E-state index in [9.17, 15) is 4.79 Å². The van der Waals surface area contributed by atoms with Gasteiger partial charge in [-0.1, -0.05) is 11.6 Å². The van der Waals surface area contributed by atoms with Gasteiger partial charge in [-0.25, -0.2) is 0 Å². The van der Waals surface area contributed by atoms with E-state index >= 15 is 0 Å². The average molecular weight is 224 g/mol. The standard InChI is InChI=1S/C12H20N2O2/c15-12(14-6-8-16-9-7-14)4-3-11-2-1-5-13-10-11/h2,13H,1,3-10H2. The van der Waals surface area contributed by atoms with Crippen LogP contribution < -0.4 is 5.32 Å². The van der Waals surface area contributed by atoms with E-state index in [1.807, 2.05) is 4.90 Å². The maximum absolute atomic E-state index is 11.9. The summed E-state index contributed by atoms with van der Waals surface area (Å²) < 4.78 is 5.23. The van der Waals surface area contributed by atoms with E-state index in [1.165, 1.54) is 5.57 Å². The molecule has 0 aliphatic carbocycles. The van der Waals surface area contributed by atoms with Crippen LogP contribution in [0, 0.1) is 0 Å². The first-order chi connectivity index (χ1) is 7.86. The second kappa shape index (κ2) is 6.01. The van der Waals surface area contributed by atoms with Gasteiger partial charge in [0, 0.05) is 26.1 Å². The minimum atomic E-state index is 0.273. The molecule has 0 atom stereocenters. The molecule has 0 unspecified atom stereocenters. The van der Waals surface area contributed by atoms with Crippen molar-refractivity contribution in [2.24, 2.45) is 0 Å². The third-order valence-electron chi connectivity index (χ3n) is 3.13. The van der Waals surface area contributed by atoms with E-state index in [-0.39, 0.29) is 5.91 Å². The first-order valence-corrected chi connectivity index (χ1v) is 6.10. The largest absolute Gasteiger partial charge is 0.378 e. The minimum absolute atomic E-state index is 0.273. The molecular weight excluding hydrogens is 204 g/mol. The molecule has 1 saturated heterocycles. The number of nitrogens with zero attached hydrogens (tertiary/aromatic N) is 1. The van der Waals surface area contributed by atoms with Crippen molar-refractivity contribution in [2.45, 2.75) is 19.3 Å². The number of ether oxygens (including phenoxy) is 1. The Hall–Kier alpha value is -0.870. The van der Waals surface area contributed by atoms with Gasteiger partial charge in [-0.15, -0.1) is 0 Å². The van der Waals surface area contributed by atoms with E-state index < -0.39 is 0 Å². The van der Waals surface area contributed by atoms with Gasteiger partial charge in [0.05, 0.1) is 13.2 Å². The van der Waals surface area contributed by atoms with Gasteiger partial charge in [0.2, 0.25) is 5.91 Å². The molecule has 0 aromatic carbocycles. The fourth-order valence-electron chi connectivity index (χ4n) is 2.13. The molecule has 0 saturated carbocycles. The lowest BCUT2D eigenvalue weighted by Gasteiger charge is -2.27. The molecule has 1 amide bonds. The molecule has 16 heavy (non-hydrogen) atoms. The van der Waals surface area contributed by atoms with Crippen molar-refractivity contribution in [3.05, 3.63) is 11.6 Å². The number of hydrogen-bond acceptors (Lipinski definition) is 3. The summed E-state index contributed by atoms with van der Waals surface area (Å²) in [5, 5.41) is 3.32. The van der Waals surface area contributed by atoms with Crippen molar-refractivity contribution >= 4 is 5.91 Å². The molecule has 1 fully saturated rings. The molecule has 2 heterocycles. The van der Waals surface area contributed by atoms with Crippen LogP contribution in [0.25, 0.3) is 0 Å². The fourth-order valence-corrected chi connectivity index (χ4v) is 2.13. The van der Waals surface area contributed by atoms with Gasteiger partial charge in [0.1, 0.15) is 0 Å². The fraction of sp³-hybridized carbons (Fsp3) is 0.750. The highest BCUT2D eigenvalue weighted by Gasteiger charge is 2.16. The third kappa shape index (κ3) is 3.32. The maximum Gasteiger partial charge on any atom is 0.223 e. The zero-order valence-corrected chi connectivity index (χ0v) is 9.71. The van der Waals surface area contributed by atoms with E-state index in [4.69, 9.17) is 4.74 Å². The first-order valence-electron chi connectivity index (χ1n) is 6.10. The van der Waals surface area contributed by atoms with Crippen LogP contribution in [0.4, 0.5) is 0 Å². The third-order valence-corrected chi connectivity index (χ3v) is 3.13. The second-order valence-corrected chi connectivity index (χ2v) is 4.32. The Morgan fingerprint density at radius 2 is 2.25 bits per heavy atom. The van der Waals surface area contributed by atoms with Crippen molar-refractivity contribution in [1.29, 1.82) is 0 Å². The Bertz CT molecular complexity index is 270. The topological polar surface area (TPSA) is 41.6 Å². The summed E-state index contributed by atoms with van der Waals surface area (Å²) in [5.41, 5.74) is 1.38. The maximum atomic E-state index is 11.9. The van der Waals surface area contributed by atoms with E-state index in [2.05, 4.69) is 11.4 Å². The number of amides is 1. The minimum Gasteiger partial charge on any atom is -0.378 e. The van der Waals surface area contributed by atoms with Gasteiger partial charge in [0.25, 0.3) is 0 Å². The molecule has 4 heteroatoms. The van der Waals surface area contributed by atoms with Crippen LogP contribution in [0.1, 0.15) is 19.3 Å². The van der Waals surface area contributed by atoms with Crippen LogP contribution in [0.3, 0.4) is 0 Å². The zero-order valence-electron chi connectivity index (χ0n) is 9.71. The van der Waals surface area contributed by atoms with Gasteiger partial charge in [0.15, 0.2) is 0 Å². The summed E-state index contributed by atoms with van der Waals surface area (Å²) in [7, 11) is 0. The van der Waals surface area contributed by atoms with Crippen molar-refractivity contribution in [3.63, 3.8) is 0 Å². The number of carbonyl (C=O) groups excluding carboxylic acids is 1. The normalized spacial score (nSPS) is 21.8. The zero-order chi connectivity index (χ0) is 11.2. The molecule has 0 aromatic rings. The summed E-state index contributed by atoms with van der Waals surface area (Å²) in [6.07, 6.45) is 4.92. The van der Waals surface area contributed by atoms with Gasteiger partial charge >= 0.3 is 0 Å². The number of rotatable bonds is 3. The summed E-state index contributed by atoms with van der Waals surface area (Å²) in [6.45, 7) is 4.93. The summed E-state index contributed by atoms with van der Waals surface area (Å²) in [4.78, 5) is 13.8. The summed E-state index contributed by atoms with van der Waals surface area (Å²) in [6, 6.07) is 0. The number of nitrogens with one attached hydrogen (secondary N) is 1. The highest BCUT2D eigenvalue weighted by molar-refractivity contribution is 5.76. The van der Waals surface area contributed by atoms with E-state index in [1.54, 1.807) is 0 Å². The van der Waals surface area contributed by atoms with Crippen molar-refractivity contribution in [1.82, 2.24) is 10.2 Å². The average Bonchev–Trinajstić information content (AvgIpc) is 2.38. The van der Waals surface area contributed by atoms with Crippen LogP contribution in [0.15, 0.2) is 11.6 Å². The molecular formula is C12H20N2O2. The number of carbonyl (C=O) groups is 1. The Morgan fingerprint density at radius 1 is 1.44 bits per heavy atom. The smallest absolute Gasteiger partial charge is 0.223 e. The van der Waals surface area contributed by atoms with Gasteiger partial charge < -0.3 is 15.0 Å². The molecule has 0 radical (unpaired) electrons. The quantitative estimate of drug-likeness (QED) is 0.712. The van der Waals surface area contributed by atoms with Crippen molar-refractivity contribution in [2.75, 3.05) is 39.4 Å². The van der Waals surface area contributed by atoms with Crippen LogP contribution in [-0.4, -0.2) is 50.2 Å². The van der Waals surface area contributed by atoms with Gasteiger partial charge in [-0.05, 0) is 19.4 Å². The number of hydrogen-bond donors (Lipinski definition) is 1. The summed E-state index contributed by atoms with van der Waals surface area (Å²) >= 11 is 0. The molecule has 2 aliphatic rings. The Balaban J connectivity index is 1.72. The molecule has 1 N–H and O–H groups in total. The molecule has 4 nitrogen and oxygen atoms in total.